The Balaban J connectivity index is 1.89. The first-order valence-electron chi connectivity index (χ1n) is 7.85. The smallest absolute Gasteiger partial charge is 0.308 e. The maximum Gasteiger partial charge on any atom is 0.435 e. The third-order valence-electron chi connectivity index (χ3n) is 3.53. The number of hydrogen-bond donors (Lipinski definition) is 2. The molecule has 150 valence electrons. The second kappa shape index (κ2) is 8.22. The highest BCUT2D eigenvalue weighted by molar-refractivity contribution is 6.35. The second-order valence-corrected chi connectivity index (χ2v) is 6.59. The fourth-order valence-electron chi connectivity index (χ4n) is 2.40. The third-order valence-corrected chi connectivity index (χ3v) is 3.97. The summed E-state index contributed by atoms with van der Waals surface area (Å²) in [5.74, 6) is -0.723. The van der Waals surface area contributed by atoms with Crippen LogP contribution in [0.5, 0.6) is 0 Å². The van der Waals surface area contributed by atoms with Crippen molar-refractivity contribution in [3.8, 4) is 11.3 Å². The Labute approximate surface area is 171 Å². The molecule has 0 spiro atoms. The second-order valence-electron chi connectivity index (χ2n) is 5.72. The summed E-state index contributed by atoms with van der Waals surface area (Å²) >= 11 is 11.6. The number of hydrogen-bond acceptors (Lipinski definition) is 3. The molecule has 2 amide bonds. The van der Waals surface area contributed by atoms with Gasteiger partial charge in [0.25, 0.3) is 0 Å². The summed E-state index contributed by atoms with van der Waals surface area (Å²) < 4.78 is 53.6. The number of halogens is 6. The molecule has 0 bridgehead atoms. The molecule has 0 radical (unpaired) electrons. The molecule has 5 nitrogen and oxygen atoms in total. The van der Waals surface area contributed by atoms with Crippen molar-refractivity contribution in [2.45, 2.75) is 6.18 Å². The minimum atomic E-state index is -4.88. The molecule has 2 heterocycles. The third kappa shape index (κ3) is 5.33. The number of rotatable bonds is 3. The minimum absolute atomic E-state index is 0.0556. The van der Waals surface area contributed by atoms with E-state index in [1.807, 2.05) is 0 Å². The van der Waals surface area contributed by atoms with E-state index in [-0.39, 0.29) is 27.0 Å². The summed E-state index contributed by atoms with van der Waals surface area (Å²) in [5.41, 5.74) is -1.85. The molecule has 11 heteroatoms. The Hall–Kier alpha value is -2.91. The highest BCUT2D eigenvalue weighted by atomic mass is 35.5. The number of benzene rings is 1. The molecule has 0 atom stereocenters. The largest absolute Gasteiger partial charge is 0.435 e. The predicted molar refractivity (Wildman–Crippen MR) is 102 cm³/mol. The molecule has 0 fully saturated rings. The molecular formula is C18H10Cl2F4N4O. The summed E-state index contributed by atoms with van der Waals surface area (Å²) in [6.07, 6.45) is -2.79. The van der Waals surface area contributed by atoms with Crippen LogP contribution in [-0.2, 0) is 6.18 Å². The van der Waals surface area contributed by atoms with Crippen LogP contribution < -0.4 is 10.6 Å². The zero-order valence-electron chi connectivity index (χ0n) is 14.2. The molecule has 0 aliphatic carbocycles. The predicted octanol–water partition coefficient (Wildman–Crippen LogP) is 6.25. The van der Waals surface area contributed by atoms with E-state index in [0.29, 0.717) is 0 Å². The Kier molecular flexibility index (Phi) is 5.90. The number of urea groups is 1. The molecule has 0 unspecified atom stereocenters. The lowest BCUT2D eigenvalue weighted by molar-refractivity contribution is -0.140. The molecule has 29 heavy (non-hydrogen) atoms. The van der Waals surface area contributed by atoms with Crippen molar-refractivity contribution in [3.05, 3.63) is 70.3 Å². The first kappa shape index (κ1) is 20.8. The van der Waals surface area contributed by atoms with Crippen LogP contribution in [0.1, 0.15) is 5.69 Å². The average Bonchev–Trinajstić information content (AvgIpc) is 2.60. The quantitative estimate of drug-likeness (QED) is 0.469. The van der Waals surface area contributed by atoms with Gasteiger partial charge in [0.1, 0.15) is 5.82 Å². The summed E-state index contributed by atoms with van der Waals surface area (Å²) in [4.78, 5) is 19.2. The van der Waals surface area contributed by atoms with Gasteiger partial charge in [0.15, 0.2) is 5.69 Å². The normalized spacial score (nSPS) is 11.2. The van der Waals surface area contributed by atoms with Crippen LogP contribution in [0, 0.1) is 5.82 Å². The molecule has 0 saturated heterocycles. The van der Waals surface area contributed by atoms with Crippen molar-refractivity contribution < 1.29 is 22.4 Å². The number of amides is 2. The monoisotopic (exact) mass is 444 g/mol. The average molecular weight is 445 g/mol. The number of carbonyl (C=O) groups excluding carboxylic acids is 1. The van der Waals surface area contributed by atoms with Crippen LogP contribution in [0.2, 0.25) is 10.0 Å². The van der Waals surface area contributed by atoms with Crippen molar-refractivity contribution in [1.82, 2.24) is 9.97 Å². The molecular weight excluding hydrogens is 435 g/mol. The molecule has 3 rings (SSSR count). The maximum atomic E-state index is 13.4. The van der Waals surface area contributed by atoms with Crippen molar-refractivity contribution in [3.63, 3.8) is 0 Å². The Morgan fingerprint density at radius 2 is 1.66 bits per heavy atom. The van der Waals surface area contributed by atoms with E-state index in [4.69, 9.17) is 23.2 Å². The minimum Gasteiger partial charge on any atom is -0.308 e. The molecule has 2 aromatic heterocycles. The molecule has 0 aliphatic rings. The van der Waals surface area contributed by atoms with Crippen molar-refractivity contribution in [2.24, 2.45) is 0 Å². The van der Waals surface area contributed by atoms with E-state index in [9.17, 15) is 22.4 Å². The number of nitrogens with one attached hydrogen (secondary N) is 2. The molecule has 1 aromatic carbocycles. The first-order valence-corrected chi connectivity index (χ1v) is 8.60. The van der Waals surface area contributed by atoms with E-state index < -0.39 is 29.4 Å². The number of nitrogens with zero attached hydrogens (tertiary/aromatic N) is 2. The molecule has 3 aromatic rings. The standard InChI is InChI=1S/C18H10Cl2F4N4O/c19-10-4-11(20)6-13(5-10)26-17(29)28-15-2-1-14(27-16(15)18(22,23)24)9-3-12(21)8-25-7-9/h1-8H,(H2,26,28,29). The SMILES string of the molecule is O=C(Nc1cc(Cl)cc(Cl)c1)Nc1ccc(-c2cncc(F)c2)nc1C(F)(F)F. The number of pyridine rings is 2. The highest BCUT2D eigenvalue weighted by Gasteiger charge is 2.36. The van der Waals surface area contributed by atoms with Gasteiger partial charge < -0.3 is 10.6 Å². The van der Waals surface area contributed by atoms with Gasteiger partial charge in [-0.2, -0.15) is 13.2 Å². The van der Waals surface area contributed by atoms with Crippen LogP contribution in [0.4, 0.5) is 33.7 Å². The van der Waals surface area contributed by atoms with Crippen molar-refractivity contribution in [2.75, 3.05) is 10.6 Å². The van der Waals surface area contributed by atoms with Crippen LogP contribution in [0.25, 0.3) is 11.3 Å². The van der Waals surface area contributed by atoms with E-state index in [1.54, 1.807) is 0 Å². The lowest BCUT2D eigenvalue weighted by Gasteiger charge is -2.15. The van der Waals surface area contributed by atoms with Gasteiger partial charge in [0.2, 0.25) is 0 Å². The fraction of sp³-hybridized carbons (Fsp3) is 0.0556. The topological polar surface area (TPSA) is 66.9 Å². The van der Waals surface area contributed by atoms with Gasteiger partial charge in [-0.25, -0.2) is 14.2 Å². The highest BCUT2D eigenvalue weighted by Crippen LogP contribution is 2.35. The molecule has 0 saturated carbocycles. The Bertz CT molecular complexity index is 1060. The molecule has 2 N–H and O–H groups in total. The van der Waals surface area contributed by atoms with Gasteiger partial charge >= 0.3 is 12.2 Å². The van der Waals surface area contributed by atoms with Crippen molar-refractivity contribution >= 4 is 40.6 Å². The zero-order chi connectivity index (χ0) is 21.2. The molecule has 0 aliphatic heterocycles. The van der Waals surface area contributed by atoms with Gasteiger partial charge in [-0.05, 0) is 36.4 Å². The van der Waals surface area contributed by atoms with Gasteiger partial charge in [-0.1, -0.05) is 23.2 Å². The number of aromatic nitrogens is 2. The van der Waals surface area contributed by atoms with Crippen LogP contribution in [0.15, 0.2) is 48.8 Å². The number of carbonyl (C=O) groups is 1. The van der Waals surface area contributed by atoms with Crippen LogP contribution >= 0.6 is 23.2 Å². The Morgan fingerprint density at radius 1 is 0.966 bits per heavy atom. The van der Waals surface area contributed by atoms with Crippen LogP contribution in [0.3, 0.4) is 0 Å². The van der Waals surface area contributed by atoms with E-state index in [1.165, 1.54) is 30.5 Å². The van der Waals surface area contributed by atoms with Gasteiger partial charge in [-0.3, -0.25) is 4.98 Å². The van der Waals surface area contributed by atoms with Gasteiger partial charge in [0.05, 0.1) is 17.6 Å². The summed E-state index contributed by atoms with van der Waals surface area (Å²) in [5, 5.41) is 4.89. The van der Waals surface area contributed by atoms with E-state index >= 15 is 0 Å². The van der Waals surface area contributed by atoms with E-state index in [2.05, 4.69) is 20.6 Å². The van der Waals surface area contributed by atoms with Gasteiger partial charge in [-0.15, -0.1) is 0 Å². The van der Waals surface area contributed by atoms with Gasteiger partial charge in [0, 0.05) is 27.5 Å². The Morgan fingerprint density at radius 3 is 2.28 bits per heavy atom. The zero-order valence-corrected chi connectivity index (χ0v) is 15.7. The lowest BCUT2D eigenvalue weighted by Crippen LogP contribution is -2.22. The number of anilines is 2. The van der Waals surface area contributed by atoms with E-state index in [0.717, 1.165) is 18.3 Å². The van der Waals surface area contributed by atoms with Crippen molar-refractivity contribution in [1.29, 1.82) is 0 Å². The first-order chi connectivity index (χ1) is 13.6. The van der Waals surface area contributed by atoms with Crippen LogP contribution in [-0.4, -0.2) is 16.0 Å². The lowest BCUT2D eigenvalue weighted by atomic mass is 10.1. The fourth-order valence-corrected chi connectivity index (χ4v) is 2.93. The summed E-state index contributed by atoms with van der Waals surface area (Å²) in [6, 6.07) is 6.43. The maximum absolute atomic E-state index is 13.4. The summed E-state index contributed by atoms with van der Waals surface area (Å²) in [6.45, 7) is 0. The summed E-state index contributed by atoms with van der Waals surface area (Å²) in [7, 11) is 0. The number of alkyl halides is 3.